The van der Waals surface area contributed by atoms with Crippen LogP contribution < -0.4 is 10.1 Å². The van der Waals surface area contributed by atoms with Crippen LogP contribution in [-0.2, 0) is 0 Å². The average Bonchev–Trinajstić information content (AvgIpc) is 3.39. The predicted octanol–water partition coefficient (Wildman–Crippen LogP) is 7.88. The van der Waals surface area contributed by atoms with Gasteiger partial charge in [0, 0.05) is 39.9 Å². The Balaban J connectivity index is 1.53. The summed E-state index contributed by atoms with van der Waals surface area (Å²) >= 11 is 6.66. The molecule has 0 bridgehead atoms. The van der Waals surface area contributed by atoms with Gasteiger partial charge in [0.2, 0.25) is 0 Å². The van der Waals surface area contributed by atoms with Gasteiger partial charge in [-0.15, -0.1) is 0 Å². The first kappa shape index (κ1) is 28.6. The Hall–Kier alpha value is -3.91. The Labute approximate surface area is 243 Å². The van der Waals surface area contributed by atoms with Crippen LogP contribution in [0.3, 0.4) is 0 Å². The van der Waals surface area contributed by atoms with Gasteiger partial charge in [0.05, 0.1) is 23.7 Å². The Kier molecular flexibility index (Phi) is 8.59. The summed E-state index contributed by atoms with van der Waals surface area (Å²) in [4.78, 5) is 33.5. The number of carbonyl (C=O) groups is 2. The number of aromatic nitrogens is 2. The number of carbonyl (C=O) groups excluding carboxylic acids is 1. The first-order valence-corrected chi connectivity index (χ1v) is 14.4. The Bertz CT molecular complexity index is 1600. The molecule has 3 aromatic carbocycles. The van der Waals surface area contributed by atoms with E-state index in [1.807, 2.05) is 0 Å². The maximum Gasteiger partial charge on any atom is 0.336 e. The van der Waals surface area contributed by atoms with Crippen LogP contribution in [0.1, 0.15) is 72.6 Å². The number of hydrogen-bond acceptors (Lipinski definition) is 4. The number of methoxy groups -OCH3 is 1. The number of hydrogen-bond donors (Lipinski definition) is 3. The lowest BCUT2D eigenvalue weighted by atomic mass is 9.82. The highest BCUT2D eigenvalue weighted by Crippen LogP contribution is 2.39. The number of halogens is 2. The molecular formula is C32H33ClFN3O4. The van der Waals surface area contributed by atoms with E-state index in [1.165, 1.54) is 44.6 Å². The molecule has 1 heterocycles. The van der Waals surface area contributed by atoms with Gasteiger partial charge < -0.3 is 20.1 Å². The van der Waals surface area contributed by atoms with Crippen LogP contribution in [0.15, 0.2) is 48.5 Å². The van der Waals surface area contributed by atoms with Gasteiger partial charge in [0.1, 0.15) is 5.82 Å². The molecule has 1 aliphatic carbocycles. The Morgan fingerprint density at radius 1 is 1.15 bits per heavy atom. The summed E-state index contributed by atoms with van der Waals surface area (Å²) in [7, 11) is 1.38. The number of nitrogens with zero attached hydrogens (tertiary/aromatic N) is 1. The number of benzene rings is 3. The molecule has 7 nitrogen and oxygen atoms in total. The number of aromatic amines is 1. The molecule has 1 aliphatic rings. The van der Waals surface area contributed by atoms with Crippen molar-refractivity contribution in [1.82, 2.24) is 15.3 Å². The van der Waals surface area contributed by atoms with E-state index >= 15 is 0 Å². The number of nitrogens with one attached hydrogen (secondary N) is 2. The number of H-pyrrole nitrogens is 1. The van der Waals surface area contributed by atoms with Gasteiger partial charge in [-0.1, -0.05) is 62.4 Å². The van der Waals surface area contributed by atoms with Gasteiger partial charge in [-0.3, -0.25) is 4.79 Å². The van der Waals surface area contributed by atoms with Crippen LogP contribution in [-0.4, -0.2) is 40.1 Å². The van der Waals surface area contributed by atoms with E-state index in [2.05, 4.69) is 22.2 Å². The molecule has 0 saturated heterocycles. The minimum Gasteiger partial charge on any atom is -0.494 e. The fourth-order valence-corrected chi connectivity index (χ4v) is 6.17. The zero-order valence-electron chi connectivity index (χ0n) is 23.1. The monoisotopic (exact) mass is 577 g/mol. The number of fused-ring (bicyclic) bond motifs is 1. The van der Waals surface area contributed by atoms with Crippen molar-refractivity contribution in [2.24, 2.45) is 5.92 Å². The standard InChI is InChI=1S/C32H33ClFN3O4/c1-3-8-25(18-9-5-4-6-10-18)37-31(38)19-13-14-20(22(15-19)32(39)40)29-21(11-7-12-23(29)33)30-35-26-16-24(34)28(41-2)17-27(26)36-30/h7,11-18,25H,3-6,8-10H2,1-2H3,(H,35,36)(H,37,38)(H,39,40)/t25-/m1/s1. The van der Waals surface area contributed by atoms with Gasteiger partial charge in [-0.05, 0) is 48.9 Å². The highest BCUT2D eigenvalue weighted by Gasteiger charge is 2.26. The van der Waals surface area contributed by atoms with Gasteiger partial charge >= 0.3 is 5.97 Å². The van der Waals surface area contributed by atoms with E-state index in [0.717, 1.165) is 25.7 Å². The summed E-state index contributed by atoms with van der Waals surface area (Å²) < 4.78 is 19.4. The smallest absolute Gasteiger partial charge is 0.336 e. The molecule has 214 valence electrons. The Morgan fingerprint density at radius 3 is 2.63 bits per heavy atom. The zero-order chi connectivity index (χ0) is 29.1. The van der Waals surface area contributed by atoms with Gasteiger partial charge in [-0.2, -0.15) is 0 Å². The molecule has 5 rings (SSSR count). The SMILES string of the molecule is CCC[C@@H](NC(=O)c1ccc(-c2c(Cl)cccc2-c2nc3cc(OC)c(F)cc3[nH]2)c(C(=O)O)c1)C1CCCCC1. The summed E-state index contributed by atoms with van der Waals surface area (Å²) in [5, 5.41) is 13.7. The average molecular weight is 578 g/mol. The summed E-state index contributed by atoms with van der Waals surface area (Å²) in [6, 6.07) is 12.7. The summed E-state index contributed by atoms with van der Waals surface area (Å²) in [5.41, 5.74) is 2.48. The fraction of sp³-hybridized carbons (Fsp3) is 0.344. The largest absolute Gasteiger partial charge is 0.494 e. The topological polar surface area (TPSA) is 104 Å². The lowest BCUT2D eigenvalue weighted by Crippen LogP contribution is -2.41. The van der Waals surface area contributed by atoms with E-state index in [-0.39, 0.29) is 28.8 Å². The molecule has 1 amide bonds. The number of carboxylic acids is 1. The van der Waals surface area contributed by atoms with Crippen LogP contribution in [0.5, 0.6) is 5.75 Å². The third-order valence-corrected chi connectivity index (χ3v) is 8.26. The van der Waals surface area contributed by atoms with Crippen molar-refractivity contribution in [3.05, 3.63) is 70.5 Å². The zero-order valence-corrected chi connectivity index (χ0v) is 23.9. The highest BCUT2D eigenvalue weighted by molar-refractivity contribution is 6.34. The first-order valence-electron chi connectivity index (χ1n) is 14.0. The summed E-state index contributed by atoms with van der Waals surface area (Å²) in [6.45, 7) is 2.11. The number of imidazole rings is 1. The summed E-state index contributed by atoms with van der Waals surface area (Å²) in [5.74, 6) is -1.11. The molecule has 1 fully saturated rings. The molecule has 4 aromatic rings. The second kappa shape index (κ2) is 12.3. The van der Waals surface area contributed by atoms with Crippen molar-refractivity contribution in [1.29, 1.82) is 0 Å². The minimum atomic E-state index is -1.19. The van der Waals surface area contributed by atoms with Crippen LogP contribution in [0.25, 0.3) is 33.5 Å². The van der Waals surface area contributed by atoms with Crippen molar-refractivity contribution >= 4 is 34.5 Å². The molecule has 9 heteroatoms. The minimum absolute atomic E-state index is 0.0551. The van der Waals surface area contributed by atoms with Crippen LogP contribution in [0.2, 0.25) is 5.02 Å². The molecule has 1 saturated carbocycles. The van der Waals surface area contributed by atoms with E-state index in [1.54, 1.807) is 30.3 Å². The number of rotatable bonds is 9. The number of amides is 1. The Morgan fingerprint density at radius 2 is 1.93 bits per heavy atom. The van der Waals surface area contributed by atoms with Crippen molar-refractivity contribution < 1.29 is 23.8 Å². The third-order valence-electron chi connectivity index (χ3n) is 7.94. The van der Waals surface area contributed by atoms with Crippen molar-refractivity contribution in [3.63, 3.8) is 0 Å². The van der Waals surface area contributed by atoms with Crippen molar-refractivity contribution in [3.8, 4) is 28.3 Å². The van der Waals surface area contributed by atoms with Gasteiger partial charge in [-0.25, -0.2) is 14.2 Å². The lowest BCUT2D eigenvalue weighted by Gasteiger charge is -2.31. The molecule has 0 radical (unpaired) electrons. The van der Waals surface area contributed by atoms with Crippen LogP contribution >= 0.6 is 11.6 Å². The van der Waals surface area contributed by atoms with Crippen LogP contribution in [0.4, 0.5) is 4.39 Å². The maximum absolute atomic E-state index is 14.3. The molecule has 41 heavy (non-hydrogen) atoms. The highest BCUT2D eigenvalue weighted by atomic mass is 35.5. The van der Waals surface area contributed by atoms with Crippen LogP contribution in [0, 0.1) is 11.7 Å². The number of aromatic carboxylic acids is 1. The first-order chi connectivity index (χ1) is 19.8. The molecule has 3 N–H and O–H groups in total. The second-order valence-electron chi connectivity index (χ2n) is 10.6. The second-order valence-corrected chi connectivity index (χ2v) is 11.0. The lowest BCUT2D eigenvalue weighted by molar-refractivity contribution is 0.0697. The molecular weight excluding hydrogens is 545 g/mol. The maximum atomic E-state index is 14.3. The molecule has 0 unspecified atom stereocenters. The number of carboxylic acid groups (broad SMARTS) is 1. The van der Waals surface area contributed by atoms with E-state index in [0.29, 0.717) is 44.5 Å². The van der Waals surface area contributed by atoms with Gasteiger partial charge in [0.15, 0.2) is 11.6 Å². The number of ether oxygens (including phenoxy) is 1. The quantitative estimate of drug-likeness (QED) is 0.188. The van der Waals surface area contributed by atoms with Crippen molar-refractivity contribution in [2.45, 2.75) is 57.9 Å². The third kappa shape index (κ3) is 5.93. The summed E-state index contributed by atoms with van der Waals surface area (Å²) in [6.07, 6.45) is 7.62. The van der Waals surface area contributed by atoms with E-state index < -0.39 is 11.8 Å². The molecule has 0 spiro atoms. The normalized spacial score (nSPS) is 14.6. The van der Waals surface area contributed by atoms with Gasteiger partial charge in [0.25, 0.3) is 5.91 Å². The fourth-order valence-electron chi connectivity index (χ4n) is 5.90. The van der Waals surface area contributed by atoms with Crippen molar-refractivity contribution in [2.75, 3.05) is 7.11 Å². The molecule has 1 aromatic heterocycles. The van der Waals surface area contributed by atoms with E-state index in [9.17, 15) is 19.1 Å². The molecule has 1 atom stereocenters. The predicted molar refractivity (Wildman–Crippen MR) is 158 cm³/mol. The van der Waals surface area contributed by atoms with E-state index in [4.69, 9.17) is 16.3 Å². The molecule has 0 aliphatic heterocycles.